The van der Waals surface area contributed by atoms with Crippen LogP contribution in [0.15, 0.2) is 29.3 Å². The lowest BCUT2D eigenvalue weighted by Gasteiger charge is -2.31. The average molecular weight is 504 g/mol. The van der Waals surface area contributed by atoms with Crippen molar-refractivity contribution in [1.29, 1.82) is 0 Å². The summed E-state index contributed by atoms with van der Waals surface area (Å²) >= 11 is 0. The van der Waals surface area contributed by atoms with Gasteiger partial charge in [0.15, 0.2) is 17.5 Å². The summed E-state index contributed by atoms with van der Waals surface area (Å²) in [6, 6.07) is 8.24. The molecule has 0 saturated carbocycles. The number of rotatable bonds is 9. The van der Waals surface area contributed by atoms with Crippen LogP contribution in [0, 0.1) is 5.92 Å². The topological polar surface area (TPSA) is 58.1 Å². The molecule has 0 aromatic heterocycles. The summed E-state index contributed by atoms with van der Waals surface area (Å²) in [5.41, 5.74) is 0. The maximum Gasteiger partial charge on any atom is 0.191 e. The van der Waals surface area contributed by atoms with Gasteiger partial charge in [0.2, 0.25) is 0 Å². The Hall–Kier alpha value is -1.22. The van der Waals surface area contributed by atoms with E-state index in [-0.39, 0.29) is 30.1 Å². The van der Waals surface area contributed by atoms with Gasteiger partial charge in [-0.05, 0) is 50.9 Å². The quantitative estimate of drug-likeness (QED) is 0.307. The van der Waals surface area contributed by atoms with Crippen LogP contribution < -0.4 is 20.1 Å². The highest BCUT2D eigenvalue weighted by atomic mass is 127. The van der Waals surface area contributed by atoms with Gasteiger partial charge in [0.05, 0.1) is 13.7 Å². The lowest BCUT2D eigenvalue weighted by molar-refractivity contribution is 0.191. The van der Waals surface area contributed by atoms with E-state index in [1.54, 1.807) is 14.2 Å². The molecule has 1 heterocycles. The Balaban J connectivity index is 0.00000392. The maximum atomic E-state index is 6.00. The van der Waals surface area contributed by atoms with E-state index < -0.39 is 0 Å². The van der Waals surface area contributed by atoms with E-state index in [4.69, 9.17) is 9.47 Å². The molecule has 2 N–H and O–H groups in total. The molecule has 28 heavy (non-hydrogen) atoms. The molecule has 6 nitrogen and oxygen atoms in total. The first-order chi connectivity index (χ1) is 13.0. The molecule has 0 aliphatic carbocycles. The Morgan fingerprint density at radius 2 is 1.68 bits per heavy atom. The van der Waals surface area contributed by atoms with Crippen LogP contribution in [0.25, 0.3) is 0 Å². The van der Waals surface area contributed by atoms with Crippen molar-refractivity contribution in [1.82, 2.24) is 15.5 Å². The number of likely N-dealkylation sites (tertiary alicyclic amines) is 1. The van der Waals surface area contributed by atoms with Gasteiger partial charge >= 0.3 is 0 Å². The summed E-state index contributed by atoms with van der Waals surface area (Å²) in [7, 11) is 3.46. The summed E-state index contributed by atoms with van der Waals surface area (Å²) in [6.07, 6.45) is 2.61. The molecular weight excluding hydrogens is 467 g/mol. The van der Waals surface area contributed by atoms with Crippen LogP contribution in [0.1, 0.15) is 33.6 Å². The van der Waals surface area contributed by atoms with Crippen LogP contribution in [0.4, 0.5) is 0 Å². The molecule has 1 saturated heterocycles. The Labute approximate surface area is 187 Å². The summed E-state index contributed by atoms with van der Waals surface area (Å²) in [6.45, 7) is 10.6. The summed E-state index contributed by atoms with van der Waals surface area (Å²) in [5, 5.41) is 6.85. The molecule has 0 spiro atoms. The Morgan fingerprint density at radius 1 is 1.07 bits per heavy atom. The predicted molar refractivity (Wildman–Crippen MR) is 127 cm³/mol. The molecule has 160 valence electrons. The first-order valence-corrected chi connectivity index (χ1v) is 10.0. The number of benzene rings is 1. The number of hydrogen-bond donors (Lipinski definition) is 2. The zero-order valence-corrected chi connectivity index (χ0v) is 20.2. The standard InChI is InChI=1S/C21H36N4O2.HI/c1-16(2)18(25-12-8-9-13-25)15-24-21(22-4)23-14-17(3)27-20-11-7-6-10-19(20)26-5;/h6-7,10-11,16-18H,8-9,12-15H2,1-5H3,(H2,22,23,24);1H. The monoisotopic (exact) mass is 504 g/mol. The van der Waals surface area contributed by atoms with E-state index in [0.29, 0.717) is 18.5 Å². The molecule has 0 bridgehead atoms. The minimum absolute atomic E-state index is 0. The first kappa shape index (κ1) is 24.8. The van der Waals surface area contributed by atoms with Gasteiger partial charge in [-0.1, -0.05) is 26.0 Å². The van der Waals surface area contributed by atoms with Gasteiger partial charge < -0.3 is 20.1 Å². The van der Waals surface area contributed by atoms with Gasteiger partial charge in [0.1, 0.15) is 6.10 Å². The van der Waals surface area contributed by atoms with E-state index in [1.807, 2.05) is 31.2 Å². The third-order valence-electron chi connectivity index (χ3n) is 5.04. The average Bonchev–Trinajstić information content (AvgIpc) is 3.19. The van der Waals surface area contributed by atoms with E-state index in [1.165, 1.54) is 25.9 Å². The van der Waals surface area contributed by atoms with Crippen molar-refractivity contribution in [2.24, 2.45) is 10.9 Å². The number of ether oxygens (including phenoxy) is 2. The van der Waals surface area contributed by atoms with E-state index in [0.717, 1.165) is 24.0 Å². The largest absolute Gasteiger partial charge is 0.493 e. The zero-order valence-electron chi connectivity index (χ0n) is 17.9. The van der Waals surface area contributed by atoms with Gasteiger partial charge in [-0.25, -0.2) is 0 Å². The van der Waals surface area contributed by atoms with Crippen molar-refractivity contribution in [2.75, 3.05) is 40.3 Å². The van der Waals surface area contributed by atoms with E-state index in [2.05, 4.69) is 34.4 Å². The molecule has 2 atom stereocenters. The van der Waals surface area contributed by atoms with Crippen LogP contribution in [-0.4, -0.2) is 63.3 Å². The number of halogens is 1. The second-order valence-corrected chi connectivity index (χ2v) is 7.47. The number of nitrogens with one attached hydrogen (secondary N) is 2. The maximum absolute atomic E-state index is 6.00. The number of guanidine groups is 1. The van der Waals surface area contributed by atoms with Gasteiger partial charge in [0, 0.05) is 19.6 Å². The predicted octanol–water partition coefficient (Wildman–Crippen LogP) is 3.37. The Bertz CT molecular complexity index is 592. The van der Waals surface area contributed by atoms with Crippen molar-refractivity contribution >= 4 is 29.9 Å². The Kier molecular flexibility index (Phi) is 11.6. The molecule has 7 heteroatoms. The lowest BCUT2D eigenvalue weighted by atomic mass is 10.0. The highest BCUT2D eigenvalue weighted by Crippen LogP contribution is 2.26. The second kappa shape index (κ2) is 13.1. The molecule has 1 aromatic carbocycles. The van der Waals surface area contributed by atoms with Gasteiger partial charge in [-0.2, -0.15) is 0 Å². The normalized spacial score (nSPS) is 17.0. The number of nitrogens with zero attached hydrogens (tertiary/aromatic N) is 2. The van der Waals surface area contributed by atoms with Crippen molar-refractivity contribution in [2.45, 2.75) is 45.8 Å². The molecule has 2 rings (SSSR count). The third-order valence-corrected chi connectivity index (χ3v) is 5.04. The highest BCUT2D eigenvalue weighted by molar-refractivity contribution is 14.0. The molecule has 0 radical (unpaired) electrons. The van der Waals surface area contributed by atoms with E-state index in [9.17, 15) is 0 Å². The Morgan fingerprint density at radius 3 is 2.25 bits per heavy atom. The van der Waals surface area contributed by atoms with Crippen molar-refractivity contribution in [3.8, 4) is 11.5 Å². The molecule has 1 aliphatic rings. The van der Waals surface area contributed by atoms with Crippen LogP contribution in [0.3, 0.4) is 0 Å². The fourth-order valence-corrected chi connectivity index (χ4v) is 3.50. The van der Waals surface area contributed by atoms with Crippen molar-refractivity contribution in [3.05, 3.63) is 24.3 Å². The van der Waals surface area contributed by atoms with E-state index >= 15 is 0 Å². The lowest BCUT2D eigenvalue weighted by Crippen LogP contribution is -2.49. The molecule has 1 aliphatic heterocycles. The van der Waals surface area contributed by atoms with Crippen LogP contribution >= 0.6 is 24.0 Å². The van der Waals surface area contributed by atoms with Crippen molar-refractivity contribution < 1.29 is 9.47 Å². The molecule has 0 amide bonds. The summed E-state index contributed by atoms with van der Waals surface area (Å²) in [5.74, 6) is 2.93. The number of hydrogen-bond acceptors (Lipinski definition) is 4. The minimum Gasteiger partial charge on any atom is -0.493 e. The van der Waals surface area contributed by atoms with Crippen LogP contribution in [0.2, 0.25) is 0 Å². The molecule has 1 aromatic rings. The SMILES string of the molecule is CN=C(NCC(C)Oc1ccccc1OC)NCC(C(C)C)N1CCCC1.I. The molecular formula is C21H37IN4O2. The minimum atomic E-state index is -0.0145. The van der Waals surface area contributed by atoms with Crippen LogP contribution in [0.5, 0.6) is 11.5 Å². The number of methoxy groups -OCH3 is 1. The van der Waals surface area contributed by atoms with Gasteiger partial charge in [-0.3, -0.25) is 9.89 Å². The zero-order chi connectivity index (χ0) is 19.6. The van der Waals surface area contributed by atoms with Gasteiger partial charge in [0.25, 0.3) is 0 Å². The molecule has 2 unspecified atom stereocenters. The fraction of sp³-hybridized carbons (Fsp3) is 0.667. The van der Waals surface area contributed by atoms with Crippen LogP contribution in [-0.2, 0) is 0 Å². The summed E-state index contributed by atoms with van der Waals surface area (Å²) < 4.78 is 11.3. The summed E-state index contributed by atoms with van der Waals surface area (Å²) in [4.78, 5) is 6.95. The second-order valence-electron chi connectivity index (χ2n) is 7.47. The highest BCUT2D eigenvalue weighted by Gasteiger charge is 2.24. The van der Waals surface area contributed by atoms with Crippen molar-refractivity contribution in [3.63, 3.8) is 0 Å². The number of para-hydroxylation sites is 2. The third kappa shape index (κ3) is 7.66. The smallest absolute Gasteiger partial charge is 0.191 e. The van der Waals surface area contributed by atoms with Gasteiger partial charge in [-0.15, -0.1) is 24.0 Å². The fourth-order valence-electron chi connectivity index (χ4n) is 3.50. The first-order valence-electron chi connectivity index (χ1n) is 10.0. The molecule has 1 fully saturated rings. The number of aliphatic imine (C=N–C) groups is 1.